The number of hydrogen-bond donors (Lipinski definition) is 1. The van der Waals surface area contributed by atoms with Crippen LogP contribution in [0.4, 0.5) is 22.0 Å². The average Bonchev–Trinajstić information content (AvgIpc) is 2.50. The summed E-state index contributed by atoms with van der Waals surface area (Å²) in [6.45, 7) is 0. The smallest absolute Gasteiger partial charge is 0.349 e. The van der Waals surface area contributed by atoms with Crippen molar-refractivity contribution in [2.45, 2.75) is 5.92 Å². The van der Waals surface area contributed by atoms with Gasteiger partial charge in [0.25, 0.3) is 0 Å². The van der Waals surface area contributed by atoms with Crippen molar-refractivity contribution in [1.29, 1.82) is 0 Å². The molecule has 0 amide bonds. The zero-order valence-corrected chi connectivity index (χ0v) is 6.27. The van der Waals surface area contributed by atoms with E-state index >= 15 is 0 Å². The molecule has 0 aliphatic heterocycles. The Hall–Kier alpha value is -1.60. The van der Waals surface area contributed by atoms with Crippen molar-refractivity contribution in [3.63, 3.8) is 0 Å². The van der Waals surface area contributed by atoms with Gasteiger partial charge in [0.05, 0.1) is 6.07 Å². The Bertz CT molecular complexity index is 368. The molecule has 0 bridgehead atoms. The zero-order valence-electron chi connectivity index (χ0n) is 6.27. The molecular weight excluding hydrogens is 213 g/mol. The third-order valence-electron chi connectivity index (χ3n) is 1.26. The minimum atomic E-state index is -4.61. The summed E-state index contributed by atoms with van der Waals surface area (Å²) in [7, 11) is 0. The van der Waals surface area contributed by atoms with E-state index in [0.717, 1.165) is 0 Å². The van der Waals surface area contributed by atoms with E-state index in [0.29, 0.717) is 0 Å². The maximum absolute atomic E-state index is 12.7. The molecule has 1 aromatic heterocycles. The number of halogens is 5. The van der Waals surface area contributed by atoms with Crippen molar-refractivity contribution in [2.75, 3.05) is 0 Å². The van der Waals surface area contributed by atoms with Crippen LogP contribution in [-0.4, -0.2) is 10.3 Å². The van der Waals surface area contributed by atoms with Gasteiger partial charge in [-0.05, 0) is 0 Å². The van der Waals surface area contributed by atoms with Gasteiger partial charge in [-0.15, -0.1) is 0 Å². The summed E-state index contributed by atoms with van der Waals surface area (Å²) in [6, 6.07) is 0.239. The van der Waals surface area contributed by atoms with E-state index in [9.17, 15) is 22.0 Å². The van der Waals surface area contributed by atoms with Crippen LogP contribution in [0.15, 0.2) is 22.5 Å². The average molecular weight is 215 g/mol. The first-order chi connectivity index (χ1) is 6.35. The zero-order chi connectivity index (χ0) is 10.9. The number of rotatable bonds is 2. The van der Waals surface area contributed by atoms with E-state index in [-0.39, 0.29) is 6.07 Å². The molecule has 0 unspecified atom stereocenters. The topological polar surface area (TPSA) is 46.3 Å². The summed E-state index contributed by atoms with van der Waals surface area (Å²) in [6.07, 6.45) is -3.16. The Morgan fingerprint density at radius 2 is 1.93 bits per heavy atom. The second kappa shape index (κ2) is 3.28. The molecule has 0 aromatic carbocycles. The molecule has 78 valence electrons. The molecule has 0 fully saturated rings. The lowest BCUT2D eigenvalue weighted by Gasteiger charge is -2.08. The minimum absolute atomic E-state index is 0.239. The number of nitrogens with zero attached hydrogens (tertiary/aromatic N) is 1. The maximum Gasteiger partial charge on any atom is 0.349 e. The van der Waals surface area contributed by atoms with Crippen molar-refractivity contribution < 1.29 is 31.6 Å². The normalized spacial score (nSPS) is 11.5. The summed E-state index contributed by atoms with van der Waals surface area (Å²) >= 11 is 0. The highest BCUT2D eigenvalue weighted by atomic mass is 19.3. The van der Waals surface area contributed by atoms with Crippen LogP contribution in [0.5, 0.6) is 5.95 Å². The molecule has 0 radical (unpaired) electrons. The van der Waals surface area contributed by atoms with E-state index in [1.54, 1.807) is 0 Å². The molecule has 0 atom stereocenters. The molecule has 0 aliphatic rings. The van der Waals surface area contributed by atoms with Gasteiger partial charge >= 0.3 is 17.9 Å². The highest BCUT2D eigenvalue weighted by Gasteiger charge is 2.44. The fraction of sp³-hybridized carbons (Fsp3) is 0.167. The highest BCUT2D eigenvalue weighted by Crippen LogP contribution is 2.39. The summed E-state index contributed by atoms with van der Waals surface area (Å²) in [4.78, 5) is 0. The number of hydrogen-bond acceptors (Lipinski definition) is 3. The van der Waals surface area contributed by atoms with Crippen LogP contribution >= 0.6 is 0 Å². The van der Waals surface area contributed by atoms with E-state index in [2.05, 4.69) is 9.68 Å². The Morgan fingerprint density at radius 3 is 2.29 bits per heavy atom. The minimum Gasteiger partial charge on any atom is -0.479 e. The van der Waals surface area contributed by atoms with Crippen LogP contribution in [0.3, 0.4) is 0 Å². The Morgan fingerprint density at radius 1 is 1.36 bits per heavy atom. The SMILES string of the molecule is Oc1cc(C(F)(F)C(F)=C(F)F)no1. The number of allylic oxidation sites excluding steroid dienone is 1. The van der Waals surface area contributed by atoms with E-state index in [1.807, 2.05) is 0 Å². The monoisotopic (exact) mass is 215 g/mol. The van der Waals surface area contributed by atoms with Crippen molar-refractivity contribution >= 4 is 0 Å². The maximum atomic E-state index is 12.7. The van der Waals surface area contributed by atoms with E-state index in [1.165, 1.54) is 0 Å². The van der Waals surface area contributed by atoms with Gasteiger partial charge in [-0.1, -0.05) is 5.16 Å². The van der Waals surface area contributed by atoms with Gasteiger partial charge < -0.3 is 9.63 Å². The first-order valence-corrected chi connectivity index (χ1v) is 3.11. The largest absolute Gasteiger partial charge is 0.479 e. The Labute approximate surface area is 73.4 Å². The second-order valence-electron chi connectivity index (χ2n) is 2.20. The number of aromatic hydroxyl groups is 1. The fourth-order valence-corrected chi connectivity index (χ4v) is 0.645. The Balaban J connectivity index is 3.14. The molecule has 1 heterocycles. The molecule has 1 N–H and O–H groups in total. The molecule has 1 rings (SSSR count). The second-order valence-corrected chi connectivity index (χ2v) is 2.20. The third kappa shape index (κ3) is 1.68. The molecule has 0 aliphatic carbocycles. The van der Waals surface area contributed by atoms with Gasteiger partial charge in [-0.2, -0.15) is 22.0 Å². The standard InChI is InChI=1S/C6H2F5NO2/c7-4(5(8)9)6(10,11)2-1-3(13)14-12-2/h1,13H. The predicted molar refractivity (Wildman–Crippen MR) is 32.4 cm³/mol. The van der Waals surface area contributed by atoms with E-state index in [4.69, 9.17) is 5.11 Å². The number of aromatic nitrogens is 1. The van der Waals surface area contributed by atoms with Gasteiger partial charge in [0.1, 0.15) is 0 Å². The summed E-state index contributed by atoms with van der Waals surface area (Å²) in [5.74, 6) is -8.55. The predicted octanol–water partition coefficient (Wildman–Crippen LogP) is 2.55. The van der Waals surface area contributed by atoms with Gasteiger partial charge in [0.2, 0.25) is 5.83 Å². The lowest BCUT2D eigenvalue weighted by Crippen LogP contribution is -2.15. The molecule has 0 saturated carbocycles. The van der Waals surface area contributed by atoms with E-state index < -0.39 is 29.5 Å². The molecular formula is C6H2F5NO2. The number of alkyl halides is 2. The van der Waals surface area contributed by atoms with Crippen molar-refractivity contribution in [1.82, 2.24) is 5.16 Å². The molecule has 0 saturated heterocycles. The molecule has 0 spiro atoms. The van der Waals surface area contributed by atoms with Crippen LogP contribution in [-0.2, 0) is 5.92 Å². The molecule has 1 aromatic rings. The van der Waals surface area contributed by atoms with Gasteiger partial charge in [-0.3, -0.25) is 0 Å². The van der Waals surface area contributed by atoms with Crippen molar-refractivity contribution in [2.24, 2.45) is 0 Å². The first kappa shape index (κ1) is 10.5. The van der Waals surface area contributed by atoms with Crippen LogP contribution < -0.4 is 0 Å². The van der Waals surface area contributed by atoms with Gasteiger partial charge in [0.15, 0.2) is 5.69 Å². The fourth-order valence-electron chi connectivity index (χ4n) is 0.645. The van der Waals surface area contributed by atoms with Crippen LogP contribution in [0.25, 0.3) is 0 Å². The van der Waals surface area contributed by atoms with Gasteiger partial charge in [-0.25, -0.2) is 0 Å². The third-order valence-corrected chi connectivity index (χ3v) is 1.26. The summed E-state index contributed by atoms with van der Waals surface area (Å²) < 4.78 is 64.4. The van der Waals surface area contributed by atoms with Gasteiger partial charge in [0, 0.05) is 0 Å². The van der Waals surface area contributed by atoms with Crippen LogP contribution in [0, 0.1) is 0 Å². The summed E-state index contributed by atoms with van der Waals surface area (Å²) in [5, 5.41) is 11.0. The van der Waals surface area contributed by atoms with Crippen molar-refractivity contribution in [3.05, 3.63) is 23.7 Å². The molecule has 3 nitrogen and oxygen atoms in total. The van der Waals surface area contributed by atoms with Crippen molar-refractivity contribution in [3.8, 4) is 5.95 Å². The lowest BCUT2D eigenvalue weighted by atomic mass is 10.2. The van der Waals surface area contributed by atoms with Crippen LogP contribution in [0.1, 0.15) is 5.69 Å². The quantitative estimate of drug-likeness (QED) is 0.771. The lowest BCUT2D eigenvalue weighted by molar-refractivity contribution is -0.00105. The Kier molecular flexibility index (Phi) is 2.45. The van der Waals surface area contributed by atoms with Crippen LogP contribution in [0.2, 0.25) is 0 Å². The summed E-state index contributed by atoms with van der Waals surface area (Å²) in [5.41, 5.74) is -1.43. The first-order valence-electron chi connectivity index (χ1n) is 3.11. The molecule has 14 heavy (non-hydrogen) atoms. The molecule has 8 heteroatoms. The highest BCUT2D eigenvalue weighted by molar-refractivity contribution is 5.22.